The van der Waals surface area contributed by atoms with Gasteiger partial charge in [-0.25, -0.2) is 15.0 Å². The Balaban J connectivity index is 1.36. The molecule has 1 aromatic carbocycles. The fraction of sp³-hybridized carbons (Fsp3) is 0.440. The summed E-state index contributed by atoms with van der Waals surface area (Å²) in [6.07, 6.45) is 5.23. The molecule has 3 aliphatic rings. The van der Waals surface area contributed by atoms with Crippen molar-refractivity contribution >= 4 is 28.9 Å². The number of hydrogen-bond donors (Lipinski definition) is 1. The van der Waals surface area contributed by atoms with E-state index in [1.54, 1.807) is 11.3 Å². The molecule has 1 N–H and O–H groups in total. The molecule has 2 aromatic heterocycles. The Labute approximate surface area is 197 Å². The lowest BCUT2D eigenvalue weighted by atomic mass is 9.77. The third-order valence-electron chi connectivity index (χ3n) is 7.11. The van der Waals surface area contributed by atoms with Gasteiger partial charge in [-0.05, 0) is 44.2 Å². The molecule has 7 nitrogen and oxygen atoms in total. The number of rotatable bonds is 6. The summed E-state index contributed by atoms with van der Waals surface area (Å²) in [7, 11) is 0. The van der Waals surface area contributed by atoms with Crippen LogP contribution in [-0.2, 0) is 23.3 Å². The number of amides is 1. The normalized spacial score (nSPS) is 22.7. The number of likely N-dealkylation sites (tertiary alicyclic amines) is 1. The van der Waals surface area contributed by atoms with Crippen LogP contribution in [0, 0.1) is 12.8 Å². The highest BCUT2D eigenvalue weighted by Gasteiger charge is 2.53. The zero-order chi connectivity index (χ0) is 22.4. The third kappa shape index (κ3) is 3.91. The highest BCUT2D eigenvalue weighted by molar-refractivity contribution is 7.07. The first kappa shape index (κ1) is 20.7. The molecule has 1 atom stereocenters. The van der Waals surface area contributed by atoms with E-state index in [0.29, 0.717) is 19.0 Å². The number of aryl methyl sites for hydroxylation is 1. The van der Waals surface area contributed by atoms with E-state index < -0.39 is 5.41 Å². The van der Waals surface area contributed by atoms with Crippen molar-refractivity contribution in [2.75, 3.05) is 29.9 Å². The van der Waals surface area contributed by atoms with E-state index >= 15 is 0 Å². The molecule has 8 heteroatoms. The summed E-state index contributed by atoms with van der Waals surface area (Å²) in [4.78, 5) is 32.4. The molecule has 2 fully saturated rings. The van der Waals surface area contributed by atoms with E-state index in [0.717, 1.165) is 54.6 Å². The molecule has 2 aliphatic heterocycles. The predicted molar refractivity (Wildman–Crippen MR) is 129 cm³/mol. The average Bonchev–Trinajstić information content (AvgIpc) is 3.34. The summed E-state index contributed by atoms with van der Waals surface area (Å²) in [5.74, 6) is 1.53. The Morgan fingerprint density at radius 1 is 1.21 bits per heavy atom. The highest BCUT2D eigenvalue weighted by atomic mass is 32.1. The number of nitrogens with one attached hydrogen (secondary N) is 1. The van der Waals surface area contributed by atoms with Crippen molar-refractivity contribution in [2.24, 2.45) is 5.92 Å². The molecule has 6 rings (SSSR count). The van der Waals surface area contributed by atoms with E-state index in [9.17, 15) is 4.79 Å². The predicted octanol–water partition coefficient (Wildman–Crippen LogP) is 3.75. The summed E-state index contributed by atoms with van der Waals surface area (Å²) < 4.78 is 0. The maximum atomic E-state index is 14.1. The van der Waals surface area contributed by atoms with Crippen LogP contribution in [-0.4, -0.2) is 45.4 Å². The Morgan fingerprint density at radius 2 is 2.06 bits per heavy atom. The second-order valence-electron chi connectivity index (χ2n) is 9.64. The molecule has 1 spiro atoms. The Kier molecular flexibility index (Phi) is 5.14. The minimum Gasteiger partial charge on any atom is -0.354 e. The van der Waals surface area contributed by atoms with Crippen molar-refractivity contribution in [2.45, 2.75) is 44.7 Å². The maximum absolute atomic E-state index is 14.1. The number of anilines is 2. The van der Waals surface area contributed by atoms with Gasteiger partial charge in [-0.3, -0.25) is 9.69 Å². The van der Waals surface area contributed by atoms with E-state index in [4.69, 9.17) is 4.98 Å². The van der Waals surface area contributed by atoms with Gasteiger partial charge in [0.2, 0.25) is 11.9 Å². The smallest absolute Gasteiger partial charge is 0.240 e. The van der Waals surface area contributed by atoms with Crippen LogP contribution in [0.25, 0.3) is 0 Å². The number of aromatic nitrogens is 3. The average molecular weight is 461 g/mol. The number of carbonyl (C=O) groups excluding carboxylic acids is 1. The van der Waals surface area contributed by atoms with Crippen LogP contribution >= 0.6 is 11.3 Å². The molecular formula is C25H28N6OS. The lowest BCUT2D eigenvalue weighted by Crippen LogP contribution is -2.53. The minimum absolute atomic E-state index is 0.145. The van der Waals surface area contributed by atoms with Crippen molar-refractivity contribution in [1.82, 2.24) is 19.9 Å². The number of thiazole rings is 1. The molecule has 0 bridgehead atoms. The van der Waals surface area contributed by atoms with Gasteiger partial charge in [-0.15, -0.1) is 11.3 Å². The van der Waals surface area contributed by atoms with Gasteiger partial charge in [-0.2, -0.15) is 0 Å². The van der Waals surface area contributed by atoms with Crippen LogP contribution in [0.2, 0.25) is 0 Å². The Morgan fingerprint density at radius 3 is 2.82 bits per heavy atom. The molecule has 1 amide bonds. The van der Waals surface area contributed by atoms with E-state index in [1.807, 2.05) is 28.7 Å². The van der Waals surface area contributed by atoms with E-state index in [-0.39, 0.29) is 5.91 Å². The van der Waals surface area contributed by atoms with Crippen LogP contribution in [0.1, 0.15) is 41.8 Å². The van der Waals surface area contributed by atoms with Crippen LogP contribution in [0.15, 0.2) is 41.4 Å². The number of carbonyl (C=O) groups is 1. The summed E-state index contributed by atoms with van der Waals surface area (Å²) >= 11 is 1.61. The van der Waals surface area contributed by atoms with Gasteiger partial charge in [0.1, 0.15) is 5.41 Å². The summed E-state index contributed by atoms with van der Waals surface area (Å²) in [5, 5.41) is 5.49. The van der Waals surface area contributed by atoms with Gasteiger partial charge in [0, 0.05) is 49.0 Å². The second kappa shape index (κ2) is 8.18. The Bertz CT molecular complexity index is 1160. The second-order valence-corrected chi connectivity index (χ2v) is 10.4. The first-order valence-corrected chi connectivity index (χ1v) is 12.6. The SMILES string of the molecule is Cc1ccc(N2Cc3cnc(NCC4CC4)nc3C3(CCN(Cc4cscn4)C3)C2=O)cc1. The van der Waals surface area contributed by atoms with E-state index in [1.165, 1.54) is 18.4 Å². The first-order chi connectivity index (χ1) is 16.1. The third-order valence-corrected chi connectivity index (χ3v) is 7.74. The first-order valence-electron chi connectivity index (χ1n) is 11.7. The number of fused-ring (bicyclic) bond motifs is 2. The molecule has 4 heterocycles. The summed E-state index contributed by atoms with van der Waals surface area (Å²) in [6, 6.07) is 8.21. The van der Waals surface area contributed by atoms with Gasteiger partial charge in [0.15, 0.2) is 0 Å². The number of nitrogens with zero attached hydrogens (tertiary/aromatic N) is 5. The van der Waals surface area contributed by atoms with Crippen LogP contribution < -0.4 is 10.2 Å². The highest BCUT2D eigenvalue weighted by Crippen LogP contribution is 2.43. The van der Waals surface area contributed by atoms with Gasteiger partial charge in [0.25, 0.3) is 0 Å². The van der Waals surface area contributed by atoms with Crippen molar-refractivity contribution in [3.05, 3.63) is 63.9 Å². The van der Waals surface area contributed by atoms with Crippen molar-refractivity contribution in [3.63, 3.8) is 0 Å². The lowest BCUT2D eigenvalue weighted by Gasteiger charge is -2.40. The fourth-order valence-electron chi connectivity index (χ4n) is 5.05. The lowest BCUT2D eigenvalue weighted by molar-refractivity contribution is -0.124. The zero-order valence-electron chi connectivity index (χ0n) is 18.8. The Hall–Kier alpha value is -2.84. The zero-order valence-corrected chi connectivity index (χ0v) is 19.6. The molecule has 1 unspecified atom stereocenters. The van der Waals surface area contributed by atoms with Gasteiger partial charge < -0.3 is 10.2 Å². The molecule has 0 radical (unpaired) electrons. The topological polar surface area (TPSA) is 74.2 Å². The largest absolute Gasteiger partial charge is 0.354 e. The van der Waals surface area contributed by atoms with Crippen LogP contribution in [0.5, 0.6) is 0 Å². The fourth-order valence-corrected chi connectivity index (χ4v) is 5.60. The molecule has 1 aliphatic carbocycles. The van der Waals surface area contributed by atoms with E-state index in [2.05, 4.69) is 44.6 Å². The van der Waals surface area contributed by atoms with Gasteiger partial charge in [0.05, 0.1) is 23.4 Å². The summed E-state index contributed by atoms with van der Waals surface area (Å²) in [5.41, 5.74) is 6.34. The van der Waals surface area contributed by atoms with Crippen LogP contribution in [0.4, 0.5) is 11.6 Å². The van der Waals surface area contributed by atoms with Gasteiger partial charge >= 0.3 is 0 Å². The molecule has 3 aromatic rings. The van der Waals surface area contributed by atoms with Gasteiger partial charge in [-0.1, -0.05) is 17.7 Å². The minimum atomic E-state index is -0.659. The molecule has 1 saturated carbocycles. The maximum Gasteiger partial charge on any atom is 0.240 e. The molecule has 1 saturated heterocycles. The molecular weight excluding hydrogens is 432 g/mol. The monoisotopic (exact) mass is 460 g/mol. The van der Waals surface area contributed by atoms with Crippen molar-refractivity contribution in [3.8, 4) is 0 Å². The molecule has 170 valence electrons. The summed E-state index contributed by atoms with van der Waals surface area (Å²) in [6.45, 7) is 5.74. The standard InChI is InChI=1S/C25H28N6OS/c1-17-2-6-21(7-3-17)31-12-19-11-27-24(26-10-18-4-5-18)29-22(19)25(23(31)32)8-9-30(15-25)13-20-14-33-16-28-20/h2-3,6-7,11,14,16,18H,4-5,8-10,12-13,15H2,1H3,(H,26,27,29). The van der Waals surface area contributed by atoms with Crippen LogP contribution in [0.3, 0.4) is 0 Å². The number of hydrogen-bond acceptors (Lipinski definition) is 7. The quantitative estimate of drug-likeness (QED) is 0.604. The molecule has 33 heavy (non-hydrogen) atoms. The van der Waals surface area contributed by atoms with Crippen molar-refractivity contribution < 1.29 is 4.79 Å². The van der Waals surface area contributed by atoms with Crippen molar-refractivity contribution in [1.29, 1.82) is 0 Å². The number of benzene rings is 1.